The van der Waals surface area contributed by atoms with Gasteiger partial charge in [-0.2, -0.15) is 0 Å². The highest BCUT2D eigenvalue weighted by atomic mass is 16.1. The van der Waals surface area contributed by atoms with Crippen LogP contribution in [0.3, 0.4) is 0 Å². The summed E-state index contributed by atoms with van der Waals surface area (Å²) < 4.78 is 0. The molecule has 1 aromatic rings. The van der Waals surface area contributed by atoms with Gasteiger partial charge in [-0.05, 0) is 37.8 Å². The first-order chi connectivity index (χ1) is 8.83. The van der Waals surface area contributed by atoms with Gasteiger partial charge in [0.25, 0.3) is 5.91 Å². The zero-order valence-corrected chi connectivity index (χ0v) is 10.5. The molecule has 1 heterocycles. The van der Waals surface area contributed by atoms with Crippen LogP contribution in [0.25, 0.3) is 0 Å². The second-order valence-corrected chi connectivity index (χ2v) is 5.27. The second-order valence-electron chi connectivity index (χ2n) is 5.27. The summed E-state index contributed by atoms with van der Waals surface area (Å²) in [6.07, 6.45) is 8.77. The van der Waals surface area contributed by atoms with Crippen LogP contribution in [0.2, 0.25) is 0 Å². The predicted octanol–water partition coefficient (Wildman–Crippen LogP) is 2.33. The number of rotatable bonds is 4. The number of nitrogens with zero attached hydrogens (tertiary/aromatic N) is 1. The van der Waals surface area contributed by atoms with Crippen molar-refractivity contribution >= 4 is 11.7 Å². The molecule has 2 aliphatic carbocycles. The number of nitrogens with one attached hydrogen (secondary N) is 2. The fourth-order valence-electron chi connectivity index (χ4n) is 2.46. The maximum absolute atomic E-state index is 12.2. The van der Waals surface area contributed by atoms with Crippen molar-refractivity contribution < 1.29 is 4.79 Å². The van der Waals surface area contributed by atoms with Crippen molar-refractivity contribution in [1.29, 1.82) is 0 Å². The summed E-state index contributed by atoms with van der Waals surface area (Å²) in [4.78, 5) is 16.5. The average Bonchev–Trinajstić information content (AvgIpc) is 3.04. The van der Waals surface area contributed by atoms with E-state index < -0.39 is 0 Å². The Hall–Kier alpha value is -1.58. The number of pyridine rings is 1. The van der Waals surface area contributed by atoms with Crippen LogP contribution in [-0.4, -0.2) is 23.0 Å². The Morgan fingerprint density at radius 1 is 1.17 bits per heavy atom. The Morgan fingerprint density at radius 3 is 2.67 bits per heavy atom. The van der Waals surface area contributed by atoms with E-state index in [4.69, 9.17) is 0 Å². The lowest BCUT2D eigenvalue weighted by molar-refractivity contribution is 0.0938. The predicted molar refractivity (Wildman–Crippen MR) is 70.6 cm³/mol. The number of anilines is 1. The minimum Gasteiger partial charge on any atom is -0.367 e. The van der Waals surface area contributed by atoms with Gasteiger partial charge in [-0.1, -0.05) is 12.8 Å². The molecular formula is C14H19N3O. The van der Waals surface area contributed by atoms with Crippen molar-refractivity contribution in [3.8, 4) is 0 Å². The Bertz CT molecular complexity index is 436. The molecule has 0 unspecified atom stereocenters. The molecule has 2 aliphatic rings. The van der Waals surface area contributed by atoms with Gasteiger partial charge < -0.3 is 10.6 Å². The van der Waals surface area contributed by atoms with E-state index in [1.165, 1.54) is 25.7 Å². The Balaban J connectivity index is 1.70. The van der Waals surface area contributed by atoms with Gasteiger partial charge in [0.05, 0.1) is 5.56 Å². The molecule has 1 aromatic heterocycles. The molecule has 0 atom stereocenters. The molecule has 2 saturated carbocycles. The fraction of sp³-hybridized carbons (Fsp3) is 0.571. The third-order valence-corrected chi connectivity index (χ3v) is 3.66. The third kappa shape index (κ3) is 2.63. The van der Waals surface area contributed by atoms with Crippen LogP contribution >= 0.6 is 0 Å². The van der Waals surface area contributed by atoms with Crippen LogP contribution in [0.4, 0.5) is 5.82 Å². The number of aromatic nitrogens is 1. The van der Waals surface area contributed by atoms with Gasteiger partial charge in [0.1, 0.15) is 5.82 Å². The van der Waals surface area contributed by atoms with Crippen LogP contribution in [0.5, 0.6) is 0 Å². The maximum atomic E-state index is 12.2. The molecule has 3 rings (SSSR count). The van der Waals surface area contributed by atoms with Gasteiger partial charge in [-0.25, -0.2) is 4.98 Å². The normalized spacial score (nSPS) is 19.8. The molecule has 2 fully saturated rings. The molecule has 0 bridgehead atoms. The van der Waals surface area contributed by atoms with Crippen molar-refractivity contribution in [2.75, 3.05) is 5.32 Å². The van der Waals surface area contributed by atoms with E-state index in [0.29, 0.717) is 17.6 Å². The molecule has 1 amide bonds. The van der Waals surface area contributed by atoms with Crippen LogP contribution in [0.15, 0.2) is 18.3 Å². The highest BCUT2D eigenvalue weighted by Gasteiger charge is 2.25. The highest BCUT2D eigenvalue weighted by molar-refractivity contribution is 5.98. The van der Waals surface area contributed by atoms with E-state index >= 15 is 0 Å². The lowest BCUT2D eigenvalue weighted by atomic mass is 10.2. The third-order valence-electron chi connectivity index (χ3n) is 3.66. The molecule has 0 aliphatic heterocycles. The van der Waals surface area contributed by atoms with Crippen molar-refractivity contribution in [3.05, 3.63) is 23.9 Å². The van der Waals surface area contributed by atoms with Crippen molar-refractivity contribution in [2.45, 2.75) is 50.6 Å². The Morgan fingerprint density at radius 2 is 1.94 bits per heavy atom. The quantitative estimate of drug-likeness (QED) is 0.856. The van der Waals surface area contributed by atoms with E-state index in [1.54, 1.807) is 6.20 Å². The number of hydrogen-bond donors (Lipinski definition) is 2. The van der Waals surface area contributed by atoms with E-state index in [0.717, 1.165) is 18.7 Å². The van der Waals surface area contributed by atoms with Crippen LogP contribution in [0, 0.1) is 0 Å². The van der Waals surface area contributed by atoms with Crippen molar-refractivity contribution in [3.63, 3.8) is 0 Å². The lowest BCUT2D eigenvalue weighted by Crippen LogP contribution is -2.33. The SMILES string of the molecule is O=C(NC1CCCC1)c1cccnc1NC1CC1. The minimum atomic E-state index is 0.0122. The number of hydrogen-bond acceptors (Lipinski definition) is 3. The summed E-state index contributed by atoms with van der Waals surface area (Å²) in [6, 6.07) is 4.54. The molecule has 4 heteroatoms. The summed E-state index contributed by atoms with van der Waals surface area (Å²) in [5, 5.41) is 6.43. The van der Waals surface area contributed by atoms with E-state index in [9.17, 15) is 4.79 Å². The lowest BCUT2D eigenvalue weighted by Gasteiger charge is -2.14. The van der Waals surface area contributed by atoms with Crippen LogP contribution in [0.1, 0.15) is 48.9 Å². The topological polar surface area (TPSA) is 54.0 Å². The molecule has 0 spiro atoms. The molecule has 4 nitrogen and oxygen atoms in total. The van der Waals surface area contributed by atoms with Gasteiger partial charge in [-0.15, -0.1) is 0 Å². The number of carbonyl (C=O) groups is 1. The summed E-state index contributed by atoms with van der Waals surface area (Å²) in [7, 11) is 0. The zero-order chi connectivity index (χ0) is 12.4. The average molecular weight is 245 g/mol. The van der Waals surface area contributed by atoms with Gasteiger partial charge in [0.15, 0.2) is 0 Å². The fourth-order valence-corrected chi connectivity index (χ4v) is 2.46. The zero-order valence-electron chi connectivity index (χ0n) is 10.5. The van der Waals surface area contributed by atoms with Crippen molar-refractivity contribution in [1.82, 2.24) is 10.3 Å². The van der Waals surface area contributed by atoms with Gasteiger partial charge >= 0.3 is 0 Å². The maximum Gasteiger partial charge on any atom is 0.255 e. The molecule has 2 N–H and O–H groups in total. The summed E-state index contributed by atoms with van der Waals surface area (Å²) in [5.41, 5.74) is 0.677. The molecular weight excluding hydrogens is 226 g/mol. The Kier molecular flexibility index (Phi) is 3.17. The molecule has 0 radical (unpaired) electrons. The molecule has 0 aromatic carbocycles. The largest absolute Gasteiger partial charge is 0.367 e. The molecule has 18 heavy (non-hydrogen) atoms. The van der Waals surface area contributed by atoms with Gasteiger partial charge in [0.2, 0.25) is 0 Å². The monoisotopic (exact) mass is 245 g/mol. The Labute approximate surface area is 107 Å². The minimum absolute atomic E-state index is 0.0122. The van der Waals surface area contributed by atoms with Crippen molar-refractivity contribution in [2.24, 2.45) is 0 Å². The second kappa shape index (κ2) is 4.96. The summed E-state index contributed by atoms with van der Waals surface area (Å²) in [5.74, 6) is 0.744. The number of amides is 1. The molecule has 0 saturated heterocycles. The van der Waals surface area contributed by atoms with Crippen LogP contribution in [-0.2, 0) is 0 Å². The van der Waals surface area contributed by atoms with Gasteiger partial charge in [0, 0.05) is 18.3 Å². The first-order valence-corrected chi connectivity index (χ1v) is 6.85. The van der Waals surface area contributed by atoms with Crippen LogP contribution < -0.4 is 10.6 Å². The van der Waals surface area contributed by atoms with E-state index in [2.05, 4.69) is 15.6 Å². The highest BCUT2D eigenvalue weighted by Crippen LogP contribution is 2.25. The first kappa shape index (κ1) is 11.5. The smallest absolute Gasteiger partial charge is 0.255 e. The first-order valence-electron chi connectivity index (χ1n) is 6.85. The summed E-state index contributed by atoms with van der Waals surface area (Å²) in [6.45, 7) is 0. The number of carbonyl (C=O) groups excluding carboxylic acids is 1. The summed E-state index contributed by atoms with van der Waals surface area (Å²) >= 11 is 0. The van der Waals surface area contributed by atoms with E-state index in [1.807, 2.05) is 12.1 Å². The van der Waals surface area contributed by atoms with E-state index in [-0.39, 0.29) is 5.91 Å². The molecule has 96 valence electrons. The van der Waals surface area contributed by atoms with Gasteiger partial charge in [-0.3, -0.25) is 4.79 Å². The standard InChI is InChI=1S/C14H19N3O/c18-14(17-10-4-1-2-5-10)12-6-3-9-15-13(12)16-11-7-8-11/h3,6,9-11H,1-2,4-5,7-8H2,(H,15,16)(H,17,18).